The van der Waals surface area contributed by atoms with Gasteiger partial charge in [-0.3, -0.25) is 9.69 Å². The average molecular weight is 337 g/mol. The van der Waals surface area contributed by atoms with Crippen LogP contribution in [-0.2, 0) is 6.54 Å². The molecule has 0 bridgehead atoms. The molecule has 1 fully saturated rings. The maximum Gasteiger partial charge on any atom is 0.321 e. The molecule has 1 aliphatic heterocycles. The minimum atomic E-state index is -0.107. The Morgan fingerprint density at radius 3 is 2.76 bits per heavy atom. The van der Waals surface area contributed by atoms with Gasteiger partial charge in [0.05, 0.1) is 0 Å². The van der Waals surface area contributed by atoms with E-state index in [1.807, 2.05) is 43.3 Å². The zero-order chi connectivity index (χ0) is 17.8. The lowest BCUT2D eigenvalue weighted by Crippen LogP contribution is -2.46. The second-order valence-electron chi connectivity index (χ2n) is 6.38. The smallest absolute Gasteiger partial charge is 0.321 e. The Labute approximate surface area is 148 Å². The fourth-order valence-corrected chi connectivity index (χ4v) is 3.02. The van der Waals surface area contributed by atoms with Crippen molar-refractivity contribution >= 4 is 17.6 Å². The fraction of sp³-hybridized carbons (Fsp3) is 0.300. The number of urea groups is 1. The van der Waals surface area contributed by atoms with Gasteiger partial charge in [-0.25, -0.2) is 4.79 Å². The molecule has 1 saturated heterocycles. The van der Waals surface area contributed by atoms with E-state index in [4.69, 9.17) is 0 Å². The molecule has 2 aromatic carbocycles. The average Bonchev–Trinajstić information content (AvgIpc) is 2.63. The lowest BCUT2D eigenvalue weighted by atomic mass is 10.1. The van der Waals surface area contributed by atoms with E-state index >= 15 is 0 Å². The van der Waals surface area contributed by atoms with E-state index in [0.717, 1.165) is 17.7 Å². The fourth-order valence-electron chi connectivity index (χ4n) is 3.02. The Hall–Kier alpha value is -2.82. The first-order valence-electron chi connectivity index (χ1n) is 8.51. The lowest BCUT2D eigenvalue weighted by Gasteiger charge is -2.28. The van der Waals surface area contributed by atoms with Crippen molar-refractivity contribution in [1.82, 2.24) is 10.2 Å². The minimum Gasteiger partial charge on any atom is -0.338 e. The van der Waals surface area contributed by atoms with Gasteiger partial charge in [-0.05, 0) is 42.7 Å². The summed E-state index contributed by atoms with van der Waals surface area (Å²) in [5.41, 5.74) is 3.64. The Kier molecular flexibility index (Phi) is 5.03. The highest BCUT2D eigenvalue weighted by molar-refractivity contribution is 5.97. The summed E-state index contributed by atoms with van der Waals surface area (Å²) in [6.45, 7) is 3.97. The van der Waals surface area contributed by atoms with Gasteiger partial charge in [0.25, 0.3) is 5.91 Å². The van der Waals surface area contributed by atoms with Crippen LogP contribution in [0.25, 0.3) is 0 Å². The topological polar surface area (TPSA) is 52.7 Å². The maximum atomic E-state index is 12.8. The van der Waals surface area contributed by atoms with E-state index < -0.39 is 0 Å². The molecule has 3 rings (SSSR count). The second-order valence-corrected chi connectivity index (χ2v) is 6.38. The maximum absolute atomic E-state index is 12.8. The Morgan fingerprint density at radius 2 is 2.00 bits per heavy atom. The van der Waals surface area contributed by atoms with Crippen molar-refractivity contribution in [2.75, 3.05) is 25.0 Å². The second kappa shape index (κ2) is 7.38. The number of carbonyl (C=O) groups is 2. The SMILES string of the molecule is Cc1ccccc1CN(C)C(=O)c1cccc(N2CCCNC2=O)c1. The third kappa shape index (κ3) is 3.82. The van der Waals surface area contributed by atoms with Crippen LogP contribution in [0.4, 0.5) is 10.5 Å². The van der Waals surface area contributed by atoms with E-state index in [9.17, 15) is 9.59 Å². The van der Waals surface area contributed by atoms with Gasteiger partial charge < -0.3 is 10.2 Å². The predicted octanol–water partition coefficient (Wildman–Crippen LogP) is 3.19. The zero-order valence-electron chi connectivity index (χ0n) is 14.7. The molecule has 25 heavy (non-hydrogen) atoms. The lowest BCUT2D eigenvalue weighted by molar-refractivity contribution is 0.0785. The summed E-state index contributed by atoms with van der Waals surface area (Å²) in [6.07, 6.45) is 0.900. The van der Waals surface area contributed by atoms with E-state index in [2.05, 4.69) is 5.32 Å². The highest BCUT2D eigenvalue weighted by Gasteiger charge is 2.21. The number of hydrogen-bond acceptors (Lipinski definition) is 2. The largest absolute Gasteiger partial charge is 0.338 e. The molecule has 5 nitrogen and oxygen atoms in total. The Bertz CT molecular complexity index is 788. The van der Waals surface area contributed by atoms with Crippen molar-refractivity contribution in [2.45, 2.75) is 19.9 Å². The molecule has 0 aromatic heterocycles. The van der Waals surface area contributed by atoms with Gasteiger partial charge in [0, 0.05) is 37.9 Å². The van der Waals surface area contributed by atoms with E-state index in [1.54, 1.807) is 29.0 Å². The standard InChI is InChI=1S/C20H23N3O2/c1-15-7-3-4-8-17(15)14-22(2)19(24)16-9-5-10-18(13-16)23-12-6-11-21-20(23)25/h3-5,7-10,13H,6,11-12,14H2,1-2H3,(H,21,25). The number of carbonyl (C=O) groups excluding carboxylic acids is 2. The molecule has 0 aliphatic carbocycles. The molecule has 0 saturated carbocycles. The summed E-state index contributed by atoms with van der Waals surface area (Å²) < 4.78 is 0. The van der Waals surface area contributed by atoms with Crippen molar-refractivity contribution in [1.29, 1.82) is 0 Å². The Balaban J connectivity index is 1.77. The number of benzene rings is 2. The van der Waals surface area contributed by atoms with Crippen LogP contribution in [0.1, 0.15) is 27.9 Å². The van der Waals surface area contributed by atoms with Crippen LogP contribution in [0.5, 0.6) is 0 Å². The highest BCUT2D eigenvalue weighted by Crippen LogP contribution is 2.20. The summed E-state index contributed by atoms with van der Waals surface area (Å²) in [6, 6.07) is 15.2. The molecule has 0 unspecified atom stereocenters. The number of anilines is 1. The summed E-state index contributed by atoms with van der Waals surface area (Å²) in [7, 11) is 1.80. The van der Waals surface area contributed by atoms with Crippen molar-refractivity contribution in [3.8, 4) is 0 Å². The molecule has 0 spiro atoms. The monoisotopic (exact) mass is 337 g/mol. The number of nitrogens with zero attached hydrogens (tertiary/aromatic N) is 2. The first-order chi connectivity index (χ1) is 12.1. The summed E-state index contributed by atoms with van der Waals surface area (Å²) in [4.78, 5) is 28.2. The number of rotatable bonds is 4. The molecular weight excluding hydrogens is 314 g/mol. The number of aryl methyl sites for hydroxylation is 1. The van der Waals surface area contributed by atoms with E-state index in [1.165, 1.54) is 5.56 Å². The zero-order valence-corrected chi connectivity index (χ0v) is 14.7. The molecule has 1 aliphatic rings. The van der Waals surface area contributed by atoms with Crippen LogP contribution in [0, 0.1) is 6.92 Å². The van der Waals surface area contributed by atoms with E-state index in [0.29, 0.717) is 25.2 Å². The molecule has 0 atom stereocenters. The van der Waals surface area contributed by atoms with Crippen molar-refractivity contribution < 1.29 is 9.59 Å². The van der Waals surface area contributed by atoms with Gasteiger partial charge in [-0.2, -0.15) is 0 Å². The molecule has 130 valence electrons. The first kappa shape index (κ1) is 17.0. The van der Waals surface area contributed by atoms with Gasteiger partial charge in [0.1, 0.15) is 0 Å². The third-order valence-electron chi connectivity index (χ3n) is 4.50. The Morgan fingerprint density at radius 1 is 1.20 bits per heavy atom. The van der Waals surface area contributed by atoms with Gasteiger partial charge in [0.15, 0.2) is 0 Å². The molecule has 1 N–H and O–H groups in total. The summed E-state index contributed by atoms with van der Waals surface area (Å²) >= 11 is 0. The summed E-state index contributed by atoms with van der Waals surface area (Å²) in [5, 5.41) is 2.83. The van der Waals surface area contributed by atoms with Crippen LogP contribution < -0.4 is 10.2 Å². The molecule has 0 radical (unpaired) electrons. The van der Waals surface area contributed by atoms with Crippen LogP contribution in [0.15, 0.2) is 48.5 Å². The normalized spacial score (nSPS) is 14.2. The van der Waals surface area contributed by atoms with Crippen molar-refractivity contribution in [3.63, 3.8) is 0 Å². The number of hydrogen-bond donors (Lipinski definition) is 1. The number of amides is 3. The molecule has 3 amide bonds. The van der Waals surface area contributed by atoms with Crippen LogP contribution in [0.3, 0.4) is 0 Å². The molecule has 5 heteroatoms. The van der Waals surface area contributed by atoms with Crippen LogP contribution in [0.2, 0.25) is 0 Å². The molecule has 1 heterocycles. The van der Waals surface area contributed by atoms with Crippen molar-refractivity contribution in [3.05, 3.63) is 65.2 Å². The minimum absolute atomic E-state index is 0.0532. The first-order valence-corrected chi connectivity index (χ1v) is 8.51. The van der Waals surface area contributed by atoms with Gasteiger partial charge in [-0.15, -0.1) is 0 Å². The van der Waals surface area contributed by atoms with Crippen LogP contribution in [-0.4, -0.2) is 37.0 Å². The van der Waals surface area contributed by atoms with Gasteiger partial charge in [-0.1, -0.05) is 30.3 Å². The predicted molar refractivity (Wildman–Crippen MR) is 98.8 cm³/mol. The summed E-state index contributed by atoms with van der Waals surface area (Å²) in [5.74, 6) is -0.0532. The molecule has 2 aromatic rings. The number of nitrogens with one attached hydrogen (secondary N) is 1. The third-order valence-corrected chi connectivity index (χ3v) is 4.50. The van der Waals surface area contributed by atoms with Crippen LogP contribution >= 0.6 is 0 Å². The highest BCUT2D eigenvalue weighted by atomic mass is 16.2. The van der Waals surface area contributed by atoms with Gasteiger partial charge in [0.2, 0.25) is 0 Å². The van der Waals surface area contributed by atoms with Gasteiger partial charge >= 0.3 is 6.03 Å². The molecular formula is C20H23N3O2. The van der Waals surface area contributed by atoms with E-state index in [-0.39, 0.29) is 11.9 Å². The quantitative estimate of drug-likeness (QED) is 0.931. The van der Waals surface area contributed by atoms with Crippen molar-refractivity contribution in [2.24, 2.45) is 0 Å².